The van der Waals surface area contributed by atoms with E-state index in [0.29, 0.717) is 16.3 Å². The molecule has 4 heteroatoms. The molecule has 0 unspecified atom stereocenters. The molecule has 0 bridgehead atoms. The van der Waals surface area contributed by atoms with Crippen LogP contribution in [0.5, 0.6) is 0 Å². The lowest BCUT2D eigenvalue weighted by Gasteiger charge is -2.04. The number of aryl methyl sites for hydroxylation is 1. The summed E-state index contributed by atoms with van der Waals surface area (Å²) in [7, 11) is 1.64. The molecule has 2 rings (SSSR count). The van der Waals surface area contributed by atoms with Crippen molar-refractivity contribution in [1.82, 2.24) is 4.57 Å². The second-order valence-electron chi connectivity index (χ2n) is 3.31. The molecule has 0 atom stereocenters. The van der Waals surface area contributed by atoms with Crippen molar-refractivity contribution in [3.8, 4) is 0 Å². The molecule has 15 heavy (non-hydrogen) atoms. The molecule has 1 aromatic heterocycles. The van der Waals surface area contributed by atoms with Crippen LogP contribution in [0, 0.1) is 0 Å². The van der Waals surface area contributed by atoms with Crippen LogP contribution in [-0.2, 0) is 7.05 Å². The van der Waals surface area contributed by atoms with Gasteiger partial charge in [0.1, 0.15) is 0 Å². The van der Waals surface area contributed by atoms with Gasteiger partial charge >= 0.3 is 0 Å². The molecular formula is C11H8BrNO2. The van der Waals surface area contributed by atoms with Crippen molar-refractivity contribution in [2.45, 2.75) is 0 Å². The van der Waals surface area contributed by atoms with Crippen LogP contribution in [0.15, 0.2) is 33.7 Å². The predicted molar refractivity (Wildman–Crippen MR) is 62.3 cm³/mol. The molecular weight excluding hydrogens is 258 g/mol. The number of aromatic nitrogens is 1. The van der Waals surface area contributed by atoms with E-state index >= 15 is 0 Å². The fourth-order valence-corrected chi connectivity index (χ4v) is 1.92. The summed E-state index contributed by atoms with van der Waals surface area (Å²) in [5.74, 6) is 0. The molecule has 0 aliphatic carbocycles. The summed E-state index contributed by atoms with van der Waals surface area (Å²) in [6.45, 7) is 0. The Labute approximate surface area is 94.5 Å². The third kappa shape index (κ3) is 1.61. The Balaban J connectivity index is 3.03. The summed E-state index contributed by atoms with van der Waals surface area (Å²) < 4.78 is 2.27. The molecule has 1 aromatic carbocycles. The molecule has 0 N–H and O–H groups in total. The maximum Gasteiger partial charge on any atom is 0.258 e. The van der Waals surface area contributed by atoms with Crippen LogP contribution in [-0.4, -0.2) is 10.9 Å². The fraction of sp³-hybridized carbons (Fsp3) is 0.0909. The zero-order chi connectivity index (χ0) is 11.0. The topological polar surface area (TPSA) is 39.1 Å². The van der Waals surface area contributed by atoms with Gasteiger partial charge in [-0.1, -0.05) is 15.9 Å². The number of hydrogen-bond donors (Lipinski definition) is 0. The van der Waals surface area contributed by atoms with E-state index in [2.05, 4.69) is 15.9 Å². The monoisotopic (exact) mass is 265 g/mol. The highest BCUT2D eigenvalue weighted by atomic mass is 79.9. The first-order chi connectivity index (χ1) is 7.13. The Kier molecular flexibility index (Phi) is 2.44. The minimum absolute atomic E-state index is 0.0944. The highest BCUT2D eigenvalue weighted by Gasteiger charge is 2.06. The predicted octanol–water partition coefficient (Wildman–Crippen LogP) is 2.11. The van der Waals surface area contributed by atoms with Crippen molar-refractivity contribution in [3.05, 3.63) is 44.8 Å². The van der Waals surface area contributed by atoms with Crippen LogP contribution < -0.4 is 5.56 Å². The third-order valence-electron chi connectivity index (χ3n) is 2.30. The molecule has 76 valence electrons. The third-order valence-corrected chi connectivity index (χ3v) is 2.80. The average Bonchev–Trinajstić information content (AvgIpc) is 2.23. The van der Waals surface area contributed by atoms with Gasteiger partial charge in [-0.3, -0.25) is 9.59 Å². The lowest BCUT2D eigenvalue weighted by molar-refractivity contribution is 0.112. The smallest absolute Gasteiger partial charge is 0.258 e. The maximum atomic E-state index is 11.7. The molecule has 0 aliphatic rings. The summed E-state index contributed by atoms with van der Waals surface area (Å²) in [6, 6.07) is 5.29. The van der Waals surface area contributed by atoms with Crippen molar-refractivity contribution < 1.29 is 4.79 Å². The zero-order valence-electron chi connectivity index (χ0n) is 8.03. The van der Waals surface area contributed by atoms with Crippen molar-refractivity contribution >= 4 is 33.0 Å². The van der Waals surface area contributed by atoms with E-state index < -0.39 is 0 Å². The van der Waals surface area contributed by atoms with E-state index in [4.69, 9.17) is 0 Å². The highest BCUT2D eigenvalue weighted by Crippen LogP contribution is 2.19. The zero-order valence-corrected chi connectivity index (χ0v) is 9.61. The number of aldehydes is 1. The summed E-state index contributed by atoms with van der Waals surface area (Å²) >= 11 is 3.31. The number of halogens is 1. The number of carbonyl (C=O) groups is 1. The van der Waals surface area contributed by atoms with Gasteiger partial charge < -0.3 is 4.57 Å². The van der Waals surface area contributed by atoms with Gasteiger partial charge in [-0.15, -0.1) is 0 Å². The van der Waals surface area contributed by atoms with Crippen molar-refractivity contribution in [1.29, 1.82) is 0 Å². The van der Waals surface area contributed by atoms with E-state index in [1.807, 2.05) is 0 Å². The normalized spacial score (nSPS) is 10.5. The molecule has 0 aliphatic heterocycles. The van der Waals surface area contributed by atoms with Crippen LogP contribution in [0.3, 0.4) is 0 Å². The van der Waals surface area contributed by atoms with Gasteiger partial charge in [0.2, 0.25) is 0 Å². The number of rotatable bonds is 1. The van der Waals surface area contributed by atoms with Crippen LogP contribution in [0.25, 0.3) is 10.8 Å². The summed E-state index contributed by atoms with van der Waals surface area (Å²) in [5.41, 5.74) is 0.427. The van der Waals surface area contributed by atoms with Gasteiger partial charge in [-0.25, -0.2) is 0 Å². The molecule has 0 fully saturated rings. The first-order valence-electron chi connectivity index (χ1n) is 4.37. The molecule has 0 radical (unpaired) electrons. The second kappa shape index (κ2) is 3.62. The van der Waals surface area contributed by atoms with Crippen molar-refractivity contribution in [3.63, 3.8) is 0 Å². The van der Waals surface area contributed by atoms with Gasteiger partial charge in [-0.05, 0) is 18.2 Å². The Bertz CT molecular complexity index is 601. The van der Waals surface area contributed by atoms with Crippen LogP contribution in [0.2, 0.25) is 0 Å². The van der Waals surface area contributed by atoms with Crippen LogP contribution in [0.4, 0.5) is 0 Å². The number of nitrogens with zero attached hydrogens (tertiary/aromatic N) is 1. The highest BCUT2D eigenvalue weighted by molar-refractivity contribution is 9.10. The van der Waals surface area contributed by atoms with E-state index in [1.165, 1.54) is 4.57 Å². The molecule has 0 amide bonds. The van der Waals surface area contributed by atoms with E-state index in [0.717, 1.165) is 10.8 Å². The van der Waals surface area contributed by atoms with Gasteiger partial charge in [0.05, 0.1) is 0 Å². The Hall–Kier alpha value is -1.42. The van der Waals surface area contributed by atoms with Crippen molar-refractivity contribution in [2.75, 3.05) is 0 Å². The molecule has 3 nitrogen and oxygen atoms in total. The quantitative estimate of drug-likeness (QED) is 0.741. The Morgan fingerprint density at radius 2 is 2.07 bits per heavy atom. The van der Waals surface area contributed by atoms with Gasteiger partial charge in [0, 0.05) is 34.1 Å². The summed E-state index contributed by atoms with van der Waals surface area (Å²) in [4.78, 5) is 22.6. The van der Waals surface area contributed by atoms with Gasteiger partial charge in [-0.2, -0.15) is 0 Å². The first-order valence-corrected chi connectivity index (χ1v) is 5.17. The number of fused-ring (bicyclic) bond motifs is 1. The van der Waals surface area contributed by atoms with E-state index in [1.54, 1.807) is 31.4 Å². The molecule has 0 saturated heterocycles. The minimum atomic E-state index is -0.0944. The minimum Gasteiger partial charge on any atom is -0.317 e. The van der Waals surface area contributed by atoms with Crippen molar-refractivity contribution in [2.24, 2.45) is 7.05 Å². The number of pyridine rings is 1. The lowest BCUT2D eigenvalue weighted by Crippen LogP contribution is -2.17. The van der Waals surface area contributed by atoms with E-state index in [-0.39, 0.29) is 5.56 Å². The standard InChI is InChI=1S/C11H8BrNO2/c1-13-5-7(6-14)10-4-8(12)2-3-9(10)11(13)15/h2-6H,1H3. The molecule has 0 saturated carbocycles. The first kappa shape index (κ1) is 10.1. The Morgan fingerprint density at radius 1 is 1.33 bits per heavy atom. The van der Waals surface area contributed by atoms with Gasteiger partial charge in [0.15, 0.2) is 6.29 Å². The summed E-state index contributed by atoms with van der Waals surface area (Å²) in [5, 5.41) is 1.24. The van der Waals surface area contributed by atoms with Gasteiger partial charge in [0.25, 0.3) is 5.56 Å². The van der Waals surface area contributed by atoms with E-state index in [9.17, 15) is 9.59 Å². The second-order valence-corrected chi connectivity index (χ2v) is 4.22. The number of hydrogen-bond acceptors (Lipinski definition) is 2. The lowest BCUT2D eigenvalue weighted by atomic mass is 10.1. The maximum absolute atomic E-state index is 11.7. The molecule has 2 aromatic rings. The van der Waals surface area contributed by atoms with Crippen LogP contribution >= 0.6 is 15.9 Å². The fourth-order valence-electron chi connectivity index (χ4n) is 1.56. The van der Waals surface area contributed by atoms with Crippen LogP contribution in [0.1, 0.15) is 10.4 Å². The molecule has 0 spiro atoms. The number of benzene rings is 1. The SMILES string of the molecule is Cn1cc(C=O)c2cc(Br)ccc2c1=O. The largest absolute Gasteiger partial charge is 0.317 e. The summed E-state index contributed by atoms with van der Waals surface area (Å²) in [6.07, 6.45) is 2.30. The Morgan fingerprint density at radius 3 is 2.73 bits per heavy atom. The average molecular weight is 266 g/mol. The molecule has 1 heterocycles. The number of carbonyl (C=O) groups excluding carboxylic acids is 1.